The molecule has 2 unspecified atom stereocenters. The first-order valence-corrected chi connectivity index (χ1v) is 13.8. The van der Waals surface area contributed by atoms with E-state index in [1.807, 2.05) is 34.6 Å². The number of nitrogens with one attached hydrogen (secondary N) is 2. The topological polar surface area (TPSA) is 139 Å². The molecule has 3 fully saturated rings. The van der Waals surface area contributed by atoms with Gasteiger partial charge in [-0.2, -0.15) is 0 Å². The zero-order chi connectivity index (χ0) is 27.9. The highest BCUT2D eigenvalue weighted by Crippen LogP contribution is 2.65. The fraction of sp³-hybridized carbons (Fsp3) is 0.821. The minimum atomic E-state index is -1.01. The van der Waals surface area contributed by atoms with E-state index in [0.717, 1.165) is 25.7 Å². The second-order valence-electron chi connectivity index (χ2n) is 13.3. The second kappa shape index (κ2) is 10.7. The summed E-state index contributed by atoms with van der Waals surface area (Å²) in [5.41, 5.74) is 4.62. The van der Waals surface area contributed by atoms with Gasteiger partial charge in [-0.15, -0.1) is 0 Å². The minimum Gasteiger partial charge on any atom is -0.363 e. The minimum absolute atomic E-state index is 0.00627. The number of urea groups is 1. The Morgan fingerprint density at radius 3 is 2.22 bits per heavy atom. The summed E-state index contributed by atoms with van der Waals surface area (Å²) in [6.07, 6.45) is 4.12. The Labute approximate surface area is 221 Å². The highest BCUT2D eigenvalue weighted by molar-refractivity contribution is 6.36. The maximum Gasteiger partial charge on any atom is 0.315 e. The van der Waals surface area contributed by atoms with Crippen molar-refractivity contribution in [2.45, 2.75) is 105 Å². The fourth-order valence-corrected chi connectivity index (χ4v) is 6.20. The molecule has 2 aliphatic carbocycles. The molecule has 6 atom stereocenters. The molecule has 0 radical (unpaired) electrons. The number of hydrogen-bond acceptors (Lipinski definition) is 5. The number of nitrogens with two attached hydrogens (primary N) is 1. The molecule has 3 rings (SSSR count). The molecule has 3 aliphatic rings. The maximum absolute atomic E-state index is 13.9. The Kier molecular flexibility index (Phi) is 8.44. The van der Waals surface area contributed by atoms with Crippen molar-refractivity contribution < 1.29 is 24.0 Å². The van der Waals surface area contributed by atoms with Gasteiger partial charge in [-0.05, 0) is 48.3 Å². The monoisotopic (exact) mass is 518 g/mol. The lowest BCUT2D eigenvalue weighted by Gasteiger charge is -2.38. The van der Waals surface area contributed by atoms with Crippen molar-refractivity contribution in [2.75, 3.05) is 6.54 Å². The van der Waals surface area contributed by atoms with E-state index in [2.05, 4.69) is 24.5 Å². The summed E-state index contributed by atoms with van der Waals surface area (Å²) in [6, 6.07) is -1.94. The molecule has 37 heavy (non-hydrogen) atoms. The number of primary amides is 1. The van der Waals surface area contributed by atoms with Gasteiger partial charge in [-0.3, -0.25) is 19.2 Å². The fourth-order valence-electron chi connectivity index (χ4n) is 6.20. The number of fused-ring (bicyclic) bond motifs is 1. The molecule has 0 aromatic rings. The molecule has 9 nitrogen and oxygen atoms in total. The lowest BCUT2D eigenvalue weighted by molar-refractivity contribution is -0.144. The van der Waals surface area contributed by atoms with Gasteiger partial charge < -0.3 is 21.3 Å². The van der Waals surface area contributed by atoms with Gasteiger partial charge in [0.25, 0.3) is 5.91 Å². The number of Topliss-reactive ketones (excluding diaryl/α,β-unsaturated/α-hetero) is 2. The molecule has 2 saturated carbocycles. The number of hydrogen-bond donors (Lipinski definition) is 3. The van der Waals surface area contributed by atoms with E-state index in [1.54, 1.807) is 4.90 Å². The predicted molar refractivity (Wildman–Crippen MR) is 140 cm³/mol. The van der Waals surface area contributed by atoms with Crippen LogP contribution in [0.25, 0.3) is 0 Å². The third kappa shape index (κ3) is 6.52. The van der Waals surface area contributed by atoms with Crippen LogP contribution in [0.15, 0.2) is 0 Å². The molecule has 208 valence electrons. The van der Waals surface area contributed by atoms with Gasteiger partial charge >= 0.3 is 6.03 Å². The Hall–Kier alpha value is -2.45. The Morgan fingerprint density at radius 1 is 1.08 bits per heavy atom. The summed E-state index contributed by atoms with van der Waals surface area (Å²) in [5.74, 6) is -2.41. The average molecular weight is 519 g/mol. The first-order chi connectivity index (χ1) is 17.1. The number of ketones is 2. The number of rotatable bonds is 12. The maximum atomic E-state index is 13.9. The van der Waals surface area contributed by atoms with Gasteiger partial charge in [0, 0.05) is 24.9 Å². The van der Waals surface area contributed by atoms with Crippen LogP contribution in [0.1, 0.15) is 87.0 Å². The van der Waals surface area contributed by atoms with E-state index >= 15 is 0 Å². The van der Waals surface area contributed by atoms with Crippen LogP contribution >= 0.6 is 0 Å². The molecule has 0 spiro atoms. The molecule has 0 aromatic carbocycles. The van der Waals surface area contributed by atoms with Gasteiger partial charge in [-0.25, -0.2) is 4.79 Å². The lowest BCUT2D eigenvalue weighted by Crippen LogP contribution is -2.60. The Bertz CT molecular complexity index is 935. The summed E-state index contributed by atoms with van der Waals surface area (Å²) in [4.78, 5) is 66.2. The molecule has 0 bridgehead atoms. The van der Waals surface area contributed by atoms with Gasteiger partial charge in [0.1, 0.15) is 6.04 Å². The summed E-state index contributed by atoms with van der Waals surface area (Å²) in [7, 11) is 0. The van der Waals surface area contributed by atoms with E-state index < -0.39 is 41.1 Å². The van der Waals surface area contributed by atoms with Crippen LogP contribution in [0, 0.1) is 34.5 Å². The molecular weight excluding hydrogens is 472 g/mol. The Morgan fingerprint density at radius 2 is 1.70 bits per heavy atom. The van der Waals surface area contributed by atoms with Crippen molar-refractivity contribution in [3.8, 4) is 0 Å². The third-order valence-electron chi connectivity index (χ3n) is 8.69. The molecule has 9 heteroatoms. The molecule has 1 heterocycles. The summed E-state index contributed by atoms with van der Waals surface area (Å²) in [6.45, 7) is 14.3. The first-order valence-electron chi connectivity index (χ1n) is 13.8. The number of nitrogens with zero attached hydrogens (tertiary/aromatic N) is 1. The van der Waals surface area contributed by atoms with E-state index in [-0.39, 0.29) is 41.4 Å². The standard InChI is InChI=1S/C28H46N4O5/c1-8-9-15(2)30-26(37)31-23(27(3,4)5)25(36)32-14-18-20(28(18,6)7)21(32)19(33)13-17(12-16-10-11-16)22(34)24(29)35/h15-18,20-21,23H,8-14H2,1-7H3,(H2,29,35)(H2,30,31,37)/t15?,17?,18-,20-,21+,23+/m0/s1. The normalized spacial score (nSPS) is 26.5. The van der Waals surface area contributed by atoms with E-state index in [9.17, 15) is 24.0 Å². The van der Waals surface area contributed by atoms with Gasteiger partial charge in [0.2, 0.25) is 11.7 Å². The van der Waals surface area contributed by atoms with Crippen LogP contribution in [-0.2, 0) is 19.2 Å². The highest BCUT2D eigenvalue weighted by Gasteiger charge is 2.69. The van der Waals surface area contributed by atoms with Crippen molar-refractivity contribution >= 4 is 29.4 Å². The lowest BCUT2D eigenvalue weighted by atomic mass is 9.84. The van der Waals surface area contributed by atoms with Gasteiger partial charge in [0.05, 0.1) is 6.04 Å². The highest BCUT2D eigenvalue weighted by atomic mass is 16.2. The molecule has 4 amide bonds. The molecule has 1 aliphatic heterocycles. The van der Waals surface area contributed by atoms with Crippen LogP contribution in [0.4, 0.5) is 4.79 Å². The molecule has 0 aromatic heterocycles. The van der Waals surface area contributed by atoms with Crippen LogP contribution in [0.2, 0.25) is 0 Å². The number of carbonyl (C=O) groups excluding carboxylic acids is 5. The van der Waals surface area contributed by atoms with E-state index in [1.165, 1.54) is 0 Å². The first kappa shape index (κ1) is 29.1. The van der Waals surface area contributed by atoms with Crippen molar-refractivity contribution in [3.05, 3.63) is 0 Å². The third-order valence-corrected chi connectivity index (χ3v) is 8.69. The number of piperidine rings is 1. The van der Waals surface area contributed by atoms with Crippen molar-refractivity contribution in [3.63, 3.8) is 0 Å². The van der Waals surface area contributed by atoms with Crippen LogP contribution in [-0.4, -0.2) is 59.0 Å². The Balaban J connectivity index is 1.80. The second-order valence-corrected chi connectivity index (χ2v) is 13.3. The molecular formula is C28H46N4O5. The number of likely N-dealkylation sites (tertiary alicyclic amines) is 1. The quantitative estimate of drug-likeness (QED) is 0.341. The zero-order valence-corrected chi connectivity index (χ0v) is 23.6. The largest absolute Gasteiger partial charge is 0.363 e. The predicted octanol–water partition coefficient (Wildman–Crippen LogP) is 2.80. The summed E-state index contributed by atoms with van der Waals surface area (Å²) < 4.78 is 0. The number of carbonyl (C=O) groups is 5. The van der Waals surface area contributed by atoms with Gasteiger partial charge in [-0.1, -0.05) is 60.8 Å². The van der Waals surface area contributed by atoms with E-state index in [4.69, 9.17) is 5.73 Å². The van der Waals surface area contributed by atoms with Crippen molar-refractivity contribution in [2.24, 2.45) is 40.2 Å². The van der Waals surface area contributed by atoms with Crippen LogP contribution in [0.5, 0.6) is 0 Å². The molecule has 4 N–H and O–H groups in total. The van der Waals surface area contributed by atoms with Crippen molar-refractivity contribution in [1.29, 1.82) is 0 Å². The van der Waals surface area contributed by atoms with Crippen molar-refractivity contribution in [1.82, 2.24) is 15.5 Å². The summed E-state index contributed by atoms with van der Waals surface area (Å²) in [5, 5.41) is 5.77. The van der Waals surface area contributed by atoms with Crippen LogP contribution < -0.4 is 16.4 Å². The smallest absolute Gasteiger partial charge is 0.315 e. The summed E-state index contributed by atoms with van der Waals surface area (Å²) >= 11 is 0. The zero-order valence-electron chi connectivity index (χ0n) is 23.6. The molecule has 1 saturated heterocycles. The van der Waals surface area contributed by atoms with E-state index in [0.29, 0.717) is 18.9 Å². The average Bonchev–Trinajstić information content (AvgIpc) is 3.62. The number of amides is 4. The SMILES string of the molecule is CCCC(C)NC(=O)N[C@H](C(=O)N1C[C@H]2[C@@H]([C@H]1C(=O)CC(CC1CC1)C(=O)C(N)=O)C2(C)C)C(C)(C)C. The van der Waals surface area contributed by atoms with Crippen LogP contribution in [0.3, 0.4) is 0 Å². The van der Waals surface area contributed by atoms with Gasteiger partial charge in [0.15, 0.2) is 5.78 Å².